The predicted octanol–water partition coefficient (Wildman–Crippen LogP) is 3.52. The van der Waals surface area contributed by atoms with Gasteiger partial charge >= 0.3 is 5.97 Å². The van der Waals surface area contributed by atoms with Gasteiger partial charge in [-0.1, -0.05) is 27.7 Å². The third kappa shape index (κ3) is 4.22. The van der Waals surface area contributed by atoms with Crippen molar-refractivity contribution < 1.29 is 9.90 Å². The number of pyridine rings is 1. The number of aryl methyl sites for hydroxylation is 2. The first-order valence-electron chi connectivity index (χ1n) is 7.18. The lowest BCUT2D eigenvalue weighted by atomic mass is 10.1. The fourth-order valence-corrected chi connectivity index (χ4v) is 2.47. The zero-order valence-electron chi connectivity index (χ0n) is 13.4. The molecule has 1 aromatic rings. The number of aromatic carboxylic acids is 1. The monoisotopic (exact) mass is 278 g/mol. The van der Waals surface area contributed by atoms with Crippen molar-refractivity contribution in [3.05, 3.63) is 23.0 Å². The van der Waals surface area contributed by atoms with Crippen molar-refractivity contribution in [1.29, 1.82) is 0 Å². The second kappa shape index (κ2) is 6.73. The van der Waals surface area contributed by atoms with Crippen molar-refractivity contribution in [2.75, 3.05) is 18.0 Å². The van der Waals surface area contributed by atoms with Crippen LogP contribution in [0.15, 0.2) is 6.07 Å². The van der Waals surface area contributed by atoms with Crippen molar-refractivity contribution in [2.24, 2.45) is 11.8 Å². The molecule has 0 spiro atoms. The number of hydrogen-bond acceptors (Lipinski definition) is 3. The number of anilines is 1. The predicted molar refractivity (Wildman–Crippen MR) is 82.6 cm³/mol. The molecule has 0 aliphatic heterocycles. The van der Waals surface area contributed by atoms with E-state index in [9.17, 15) is 9.90 Å². The van der Waals surface area contributed by atoms with Crippen LogP contribution in [-0.2, 0) is 0 Å². The number of carboxylic acids is 1. The lowest BCUT2D eigenvalue weighted by molar-refractivity contribution is 0.0696. The molecule has 0 atom stereocenters. The first-order valence-corrected chi connectivity index (χ1v) is 7.18. The second-order valence-electron chi connectivity index (χ2n) is 6.24. The largest absolute Gasteiger partial charge is 0.478 e. The summed E-state index contributed by atoms with van der Waals surface area (Å²) in [6.45, 7) is 14.0. The summed E-state index contributed by atoms with van der Waals surface area (Å²) in [6, 6.07) is 1.89. The zero-order valence-corrected chi connectivity index (χ0v) is 13.4. The van der Waals surface area contributed by atoms with Gasteiger partial charge in [0.2, 0.25) is 0 Å². The van der Waals surface area contributed by atoms with E-state index in [4.69, 9.17) is 0 Å². The molecule has 0 aliphatic rings. The van der Waals surface area contributed by atoms with Crippen molar-refractivity contribution in [1.82, 2.24) is 4.98 Å². The topological polar surface area (TPSA) is 53.4 Å². The van der Waals surface area contributed by atoms with Crippen LogP contribution in [0.4, 0.5) is 5.69 Å². The van der Waals surface area contributed by atoms with E-state index in [0.717, 1.165) is 24.5 Å². The third-order valence-corrected chi connectivity index (χ3v) is 3.03. The molecule has 0 bridgehead atoms. The van der Waals surface area contributed by atoms with E-state index < -0.39 is 5.97 Å². The van der Waals surface area contributed by atoms with Gasteiger partial charge in [-0.05, 0) is 31.7 Å². The first kappa shape index (κ1) is 16.5. The normalized spacial score (nSPS) is 11.2. The fourth-order valence-electron chi connectivity index (χ4n) is 2.47. The number of carboxylic acid groups (broad SMARTS) is 1. The van der Waals surface area contributed by atoms with Crippen molar-refractivity contribution in [2.45, 2.75) is 41.5 Å². The van der Waals surface area contributed by atoms with Crippen LogP contribution in [-0.4, -0.2) is 29.1 Å². The highest BCUT2D eigenvalue weighted by Crippen LogP contribution is 2.26. The van der Waals surface area contributed by atoms with Crippen molar-refractivity contribution in [3.8, 4) is 0 Å². The highest BCUT2D eigenvalue weighted by Gasteiger charge is 2.21. The van der Waals surface area contributed by atoms with Gasteiger partial charge in [0.05, 0.1) is 11.4 Å². The Kier molecular flexibility index (Phi) is 5.54. The minimum atomic E-state index is -0.900. The van der Waals surface area contributed by atoms with E-state index in [1.165, 1.54) is 0 Å². The number of carbonyl (C=O) groups is 1. The number of rotatable bonds is 6. The molecule has 1 heterocycles. The molecule has 0 radical (unpaired) electrons. The molecule has 112 valence electrons. The second-order valence-corrected chi connectivity index (χ2v) is 6.24. The maximum Gasteiger partial charge on any atom is 0.339 e. The first-order chi connectivity index (χ1) is 9.22. The molecule has 0 aromatic carbocycles. The van der Waals surface area contributed by atoms with Crippen LogP contribution in [0.2, 0.25) is 0 Å². The molecule has 0 saturated heterocycles. The van der Waals surface area contributed by atoms with Gasteiger partial charge in [-0.15, -0.1) is 0 Å². The molecule has 0 amide bonds. The fraction of sp³-hybridized carbons (Fsp3) is 0.625. The van der Waals surface area contributed by atoms with Gasteiger partial charge in [0.1, 0.15) is 5.56 Å². The number of aromatic nitrogens is 1. The van der Waals surface area contributed by atoms with E-state index >= 15 is 0 Å². The summed E-state index contributed by atoms with van der Waals surface area (Å²) >= 11 is 0. The van der Waals surface area contributed by atoms with E-state index in [1.807, 2.05) is 13.0 Å². The van der Waals surface area contributed by atoms with E-state index in [2.05, 4.69) is 37.6 Å². The molecule has 0 aliphatic carbocycles. The summed E-state index contributed by atoms with van der Waals surface area (Å²) in [4.78, 5) is 18.0. The molecule has 0 fully saturated rings. The quantitative estimate of drug-likeness (QED) is 0.865. The van der Waals surface area contributed by atoms with Crippen molar-refractivity contribution >= 4 is 11.7 Å². The standard InChI is InChI=1S/C16H26N2O2/c1-10(2)8-18(9-11(3)4)14-7-12(5)17-13(6)15(14)16(19)20/h7,10-11H,8-9H2,1-6H3,(H,19,20). The Morgan fingerprint density at radius 2 is 1.70 bits per heavy atom. The molecule has 20 heavy (non-hydrogen) atoms. The Hall–Kier alpha value is -1.58. The Balaban J connectivity index is 3.33. The molecule has 4 nitrogen and oxygen atoms in total. The van der Waals surface area contributed by atoms with Crippen LogP contribution >= 0.6 is 0 Å². The molecular formula is C16H26N2O2. The van der Waals surface area contributed by atoms with Crippen LogP contribution in [0, 0.1) is 25.7 Å². The Morgan fingerprint density at radius 1 is 1.20 bits per heavy atom. The van der Waals surface area contributed by atoms with Gasteiger partial charge in [0, 0.05) is 18.8 Å². The van der Waals surface area contributed by atoms with E-state index in [-0.39, 0.29) is 0 Å². The summed E-state index contributed by atoms with van der Waals surface area (Å²) in [5, 5.41) is 9.49. The van der Waals surface area contributed by atoms with Gasteiger partial charge in [0.15, 0.2) is 0 Å². The maximum atomic E-state index is 11.6. The molecule has 0 saturated carbocycles. The van der Waals surface area contributed by atoms with Crippen LogP contribution in [0.25, 0.3) is 0 Å². The summed E-state index contributed by atoms with van der Waals surface area (Å²) in [5.41, 5.74) is 2.58. The van der Waals surface area contributed by atoms with Gasteiger partial charge in [-0.3, -0.25) is 4.98 Å². The summed E-state index contributed by atoms with van der Waals surface area (Å²) in [5.74, 6) is 0.0517. The van der Waals surface area contributed by atoms with Crippen LogP contribution in [0.3, 0.4) is 0 Å². The molecule has 1 rings (SSSR count). The summed E-state index contributed by atoms with van der Waals surface area (Å²) < 4.78 is 0. The van der Waals surface area contributed by atoms with Gasteiger partial charge in [-0.25, -0.2) is 4.79 Å². The Labute approximate surface area is 121 Å². The molecular weight excluding hydrogens is 252 g/mol. The van der Waals surface area contributed by atoms with E-state index in [0.29, 0.717) is 23.1 Å². The lowest BCUT2D eigenvalue weighted by Gasteiger charge is -2.30. The smallest absolute Gasteiger partial charge is 0.339 e. The summed E-state index contributed by atoms with van der Waals surface area (Å²) in [7, 11) is 0. The van der Waals surface area contributed by atoms with Crippen molar-refractivity contribution in [3.63, 3.8) is 0 Å². The van der Waals surface area contributed by atoms with Gasteiger partial charge < -0.3 is 10.0 Å². The average Bonchev–Trinajstić information content (AvgIpc) is 2.24. The van der Waals surface area contributed by atoms with Crippen LogP contribution < -0.4 is 4.90 Å². The van der Waals surface area contributed by atoms with Gasteiger partial charge in [-0.2, -0.15) is 0 Å². The Bertz CT molecular complexity index is 472. The minimum Gasteiger partial charge on any atom is -0.478 e. The average molecular weight is 278 g/mol. The maximum absolute atomic E-state index is 11.6. The summed E-state index contributed by atoms with van der Waals surface area (Å²) in [6.07, 6.45) is 0. The third-order valence-electron chi connectivity index (χ3n) is 3.03. The highest BCUT2D eigenvalue weighted by atomic mass is 16.4. The molecule has 4 heteroatoms. The number of nitrogens with zero attached hydrogens (tertiary/aromatic N) is 2. The highest BCUT2D eigenvalue weighted by molar-refractivity contribution is 5.95. The van der Waals surface area contributed by atoms with Gasteiger partial charge in [0.25, 0.3) is 0 Å². The lowest BCUT2D eigenvalue weighted by Crippen LogP contribution is -2.33. The van der Waals surface area contributed by atoms with E-state index in [1.54, 1.807) is 6.92 Å². The zero-order chi connectivity index (χ0) is 15.4. The minimum absolute atomic E-state index is 0.330. The Morgan fingerprint density at radius 3 is 2.10 bits per heavy atom. The SMILES string of the molecule is Cc1cc(N(CC(C)C)CC(C)C)c(C(=O)O)c(C)n1. The number of hydrogen-bond donors (Lipinski definition) is 1. The van der Waals surface area contributed by atoms with Crippen LogP contribution in [0.5, 0.6) is 0 Å². The van der Waals surface area contributed by atoms with Crippen LogP contribution in [0.1, 0.15) is 49.4 Å². The molecule has 1 aromatic heterocycles. The molecule has 0 unspecified atom stereocenters. The molecule has 1 N–H and O–H groups in total.